The van der Waals surface area contributed by atoms with Crippen molar-refractivity contribution in [2.45, 2.75) is 44.4 Å². The number of alkyl halides is 2. The van der Waals surface area contributed by atoms with Gasteiger partial charge in [0.25, 0.3) is 0 Å². The van der Waals surface area contributed by atoms with E-state index in [0.717, 1.165) is 12.8 Å². The Morgan fingerprint density at radius 1 is 1.44 bits per heavy atom. The molecule has 2 atom stereocenters. The summed E-state index contributed by atoms with van der Waals surface area (Å²) in [5.74, 6) is 0. The molecule has 0 bridgehead atoms. The van der Waals surface area contributed by atoms with E-state index in [1.165, 1.54) is 6.92 Å². The largest absolute Gasteiger partial charge is 0.244 e. The lowest BCUT2D eigenvalue weighted by atomic mass is 9.86. The minimum atomic E-state index is -1.53. The van der Waals surface area contributed by atoms with E-state index in [-0.39, 0.29) is 0 Å². The van der Waals surface area contributed by atoms with Crippen LogP contribution in [0.5, 0.6) is 0 Å². The fourth-order valence-electron chi connectivity index (χ4n) is 1.25. The van der Waals surface area contributed by atoms with Gasteiger partial charge in [-0.15, -0.1) is 0 Å². The summed E-state index contributed by atoms with van der Waals surface area (Å²) in [7, 11) is 0. The zero-order chi connectivity index (χ0) is 6.91. The summed E-state index contributed by atoms with van der Waals surface area (Å²) in [6, 6.07) is 0. The zero-order valence-corrected chi connectivity index (χ0v) is 5.66. The predicted molar refractivity (Wildman–Crippen MR) is 32.9 cm³/mol. The molecule has 0 nitrogen and oxygen atoms in total. The summed E-state index contributed by atoms with van der Waals surface area (Å²) in [4.78, 5) is 0. The van der Waals surface area contributed by atoms with Gasteiger partial charge in [-0.25, -0.2) is 8.78 Å². The van der Waals surface area contributed by atoms with Crippen LogP contribution in [0.15, 0.2) is 0 Å². The topological polar surface area (TPSA) is 0 Å². The van der Waals surface area contributed by atoms with Gasteiger partial charge in [0.1, 0.15) is 11.8 Å². The normalized spacial score (nSPS) is 45.0. The van der Waals surface area contributed by atoms with Gasteiger partial charge in [-0.2, -0.15) is 0 Å². The molecule has 0 aliphatic heterocycles. The second-order valence-electron chi connectivity index (χ2n) is 2.99. The third-order valence-corrected chi connectivity index (χ3v) is 2.03. The van der Waals surface area contributed by atoms with Crippen LogP contribution in [-0.4, -0.2) is 11.8 Å². The average molecular weight is 134 g/mol. The highest BCUT2D eigenvalue weighted by atomic mass is 19.2. The quantitative estimate of drug-likeness (QED) is 0.477. The van der Waals surface area contributed by atoms with Gasteiger partial charge in [0.05, 0.1) is 0 Å². The first kappa shape index (κ1) is 6.97. The Labute approximate surface area is 54.3 Å². The standard InChI is InChI=1S/C7H12F2/c1-7(9)5-3-2-4-6(7)8/h6H,2-5H2,1H3. The Hall–Kier alpha value is -0.140. The minimum absolute atomic E-state index is 0.397. The van der Waals surface area contributed by atoms with Gasteiger partial charge in [0.2, 0.25) is 0 Å². The Kier molecular flexibility index (Phi) is 1.73. The van der Waals surface area contributed by atoms with Crippen molar-refractivity contribution in [3.8, 4) is 0 Å². The van der Waals surface area contributed by atoms with E-state index in [2.05, 4.69) is 0 Å². The van der Waals surface area contributed by atoms with Gasteiger partial charge in [-0.3, -0.25) is 0 Å². The highest BCUT2D eigenvalue weighted by Crippen LogP contribution is 2.33. The molecular weight excluding hydrogens is 122 g/mol. The lowest BCUT2D eigenvalue weighted by Gasteiger charge is -2.28. The van der Waals surface area contributed by atoms with Crippen LogP contribution in [0.1, 0.15) is 32.6 Å². The molecular formula is C7H12F2. The molecule has 1 fully saturated rings. The minimum Gasteiger partial charge on any atom is -0.244 e. The van der Waals surface area contributed by atoms with Crippen molar-refractivity contribution in [2.24, 2.45) is 0 Å². The van der Waals surface area contributed by atoms with E-state index in [0.29, 0.717) is 12.8 Å². The average Bonchev–Trinajstić information content (AvgIpc) is 1.77. The van der Waals surface area contributed by atoms with Crippen molar-refractivity contribution >= 4 is 0 Å². The van der Waals surface area contributed by atoms with Crippen molar-refractivity contribution < 1.29 is 8.78 Å². The fraction of sp³-hybridized carbons (Fsp3) is 1.00. The molecule has 9 heavy (non-hydrogen) atoms. The number of halogens is 2. The molecule has 0 heterocycles. The van der Waals surface area contributed by atoms with Crippen molar-refractivity contribution in [1.29, 1.82) is 0 Å². The first-order valence-electron chi connectivity index (χ1n) is 3.46. The molecule has 0 spiro atoms. The second-order valence-corrected chi connectivity index (χ2v) is 2.99. The van der Waals surface area contributed by atoms with E-state index in [9.17, 15) is 8.78 Å². The molecule has 0 saturated heterocycles. The summed E-state index contributed by atoms with van der Waals surface area (Å²) < 4.78 is 25.5. The molecule has 54 valence electrons. The van der Waals surface area contributed by atoms with Gasteiger partial charge in [-0.1, -0.05) is 12.8 Å². The maximum atomic E-state index is 12.9. The Morgan fingerprint density at radius 2 is 2.11 bits per heavy atom. The zero-order valence-electron chi connectivity index (χ0n) is 5.66. The summed E-state index contributed by atoms with van der Waals surface area (Å²) in [5, 5.41) is 0. The van der Waals surface area contributed by atoms with Crippen LogP contribution < -0.4 is 0 Å². The third kappa shape index (κ3) is 1.41. The summed E-state index contributed by atoms with van der Waals surface area (Å²) >= 11 is 0. The first-order chi connectivity index (χ1) is 4.13. The first-order valence-corrected chi connectivity index (χ1v) is 3.46. The fourth-order valence-corrected chi connectivity index (χ4v) is 1.25. The molecule has 0 aromatic carbocycles. The molecule has 2 unspecified atom stereocenters. The van der Waals surface area contributed by atoms with Crippen LogP contribution in [0.4, 0.5) is 8.78 Å². The molecule has 0 amide bonds. The van der Waals surface area contributed by atoms with Crippen LogP contribution in [0.2, 0.25) is 0 Å². The monoisotopic (exact) mass is 134 g/mol. The molecule has 1 aliphatic rings. The highest BCUT2D eigenvalue weighted by molar-refractivity contribution is 4.86. The molecule has 0 radical (unpaired) electrons. The number of hydrogen-bond donors (Lipinski definition) is 0. The van der Waals surface area contributed by atoms with Gasteiger partial charge in [0.15, 0.2) is 0 Å². The van der Waals surface area contributed by atoms with Gasteiger partial charge in [-0.05, 0) is 19.8 Å². The summed E-state index contributed by atoms with van der Waals surface area (Å²) in [6.07, 6.45) is 1.28. The number of hydrogen-bond acceptors (Lipinski definition) is 0. The lowest BCUT2D eigenvalue weighted by Crippen LogP contribution is -2.34. The van der Waals surface area contributed by atoms with E-state index in [1.807, 2.05) is 0 Å². The van der Waals surface area contributed by atoms with Crippen LogP contribution in [0, 0.1) is 0 Å². The Balaban J connectivity index is 2.49. The van der Waals surface area contributed by atoms with Crippen LogP contribution in [0.3, 0.4) is 0 Å². The Bertz CT molecular complexity index is 99.1. The van der Waals surface area contributed by atoms with Gasteiger partial charge in [0, 0.05) is 0 Å². The van der Waals surface area contributed by atoms with E-state index in [4.69, 9.17) is 0 Å². The Morgan fingerprint density at radius 3 is 2.44 bits per heavy atom. The second kappa shape index (κ2) is 2.24. The molecule has 1 rings (SSSR count). The van der Waals surface area contributed by atoms with Crippen molar-refractivity contribution in [2.75, 3.05) is 0 Å². The molecule has 0 N–H and O–H groups in total. The lowest BCUT2D eigenvalue weighted by molar-refractivity contribution is 0.0288. The predicted octanol–water partition coefficient (Wildman–Crippen LogP) is 2.63. The summed E-state index contributed by atoms with van der Waals surface area (Å²) in [5.41, 5.74) is -1.53. The smallest absolute Gasteiger partial charge is 0.139 e. The van der Waals surface area contributed by atoms with Crippen molar-refractivity contribution in [3.05, 3.63) is 0 Å². The van der Waals surface area contributed by atoms with Crippen LogP contribution in [0.25, 0.3) is 0 Å². The molecule has 1 aliphatic carbocycles. The maximum absolute atomic E-state index is 12.9. The van der Waals surface area contributed by atoms with E-state index in [1.54, 1.807) is 0 Å². The molecule has 1 saturated carbocycles. The van der Waals surface area contributed by atoms with Crippen LogP contribution in [-0.2, 0) is 0 Å². The van der Waals surface area contributed by atoms with E-state index >= 15 is 0 Å². The third-order valence-electron chi connectivity index (χ3n) is 2.03. The van der Waals surface area contributed by atoms with Gasteiger partial charge < -0.3 is 0 Å². The van der Waals surface area contributed by atoms with Crippen molar-refractivity contribution in [3.63, 3.8) is 0 Å². The molecule has 0 aromatic heterocycles. The summed E-state index contributed by atoms with van der Waals surface area (Å²) in [6.45, 7) is 1.36. The van der Waals surface area contributed by atoms with Gasteiger partial charge >= 0.3 is 0 Å². The van der Waals surface area contributed by atoms with Crippen LogP contribution >= 0.6 is 0 Å². The highest BCUT2D eigenvalue weighted by Gasteiger charge is 2.36. The van der Waals surface area contributed by atoms with Crippen molar-refractivity contribution in [1.82, 2.24) is 0 Å². The maximum Gasteiger partial charge on any atom is 0.139 e. The van der Waals surface area contributed by atoms with E-state index < -0.39 is 11.8 Å². The molecule has 0 aromatic rings. The SMILES string of the molecule is CC1(F)CCCCC1F. The number of rotatable bonds is 0. The molecule has 2 heteroatoms.